The summed E-state index contributed by atoms with van der Waals surface area (Å²) in [4.78, 5) is 12.8. The number of esters is 1. The highest BCUT2D eigenvalue weighted by molar-refractivity contribution is 8.00. The maximum atomic E-state index is 11.8. The molecule has 1 atom stereocenters. The minimum absolute atomic E-state index is 0.191. The van der Waals surface area contributed by atoms with E-state index in [1.165, 1.54) is 12.7 Å². The van der Waals surface area contributed by atoms with Crippen molar-refractivity contribution in [1.29, 1.82) is 0 Å². The molecule has 0 fully saturated rings. The summed E-state index contributed by atoms with van der Waals surface area (Å²) in [5, 5.41) is 0.363. The Bertz CT molecular complexity index is 579. The molecule has 0 aromatic heterocycles. The largest absolute Gasteiger partial charge is 0.465 e. The molecule has 0 saturated heterocycles. The molecule has 0 amide bonds. The van der Waals surface area contributed by atoms with Crippen LogP contribution in [0.25, 0.3) is 0 Å². The first kappa shape index (κ1) is 15.9. The highest BCUT2D eigenvalue weighted by Crippen LogP contribution is 2.35. The number of benzene rings is 1. The molecule has 0 bridgehead atoms. The van der Waals surface area contributed by atoms with Crippen LogP contribution in [0, 0.1) is 5.41 Å². The summed E-state index contributed by atoms with van der Waals surface area (Å²) in [7, 11) is 1.42. The molecule has 1 aromatic rings. The van der Waals surface area contributed by atoms with Crippen LogP contribution in [0.4, 0.5) is 0 Å². The third-order valence-corrected chi connectivity index (χ3v) is 4.76. The zero-order valence-corrected chi connectivity index (χ0v) is 13.9. The van der Waals surface area contributed by atoms with Crippen molar-refractivity contribution in [3.8, 4) is 0 Å². The Morgan fingerprint density at radius 2 is 2.00 bits per heavy atom. The minimum Gasteiger partial charge on any atom is -0.465 e. The Hall–Kier alpha value is -1.48. The van der Waals surface area contributed by atoms with Gasteiger partial charge in [-0.15, -0.1) is 11.8 Å². The molecule has 0 heterocycles. The van der Waals surface area contributed by atoms with E-state index in [0.717, 1.165) is 11.3 Å². The molecule has 0 radical (unpaired) electrons. The van der Waals surface area contributed by atoms with Crippen molar-refractivity contribution >= 4 is 17.7 Å². The van der Waals surface area contributed by atoms with E-state index in [1.807, 2.05) is 24.3 Å². The predicted molar refractivity (Wildman–Crippen MR) is 88.7 cm³/mol. The van der Waals surface area contributed by atoms with Gasteiger partial charge in [0.2, 0.25) is 0 Å². The van der Waals surface area contributed by atoms with E-state index in [0.29, 0.717) is 10.8 Å². The molecule has 2 nitrogen and oxygen atoms in total. The summed E-state index contributed by atoms with van der Waals surface area (Å²) in [6, 6.07) is 7.62. The van der Waals surface area contributed by atoms with Crippen LogP contribution in [0.1, 0.15) is 37.6 Å². The van der Waals surface area contributed by atoms with Gasteiger partial charge in [-0.2, -0.15) is 0 Å². The van der Waals surface area contributed by atoms with E-state index in [-0.39, 0.29) is 11.4 Å². The van der Waals surface area contributed by atoms with Crippen molar-refractivity contribution in [2.75, 3.05) is 7.11 Å². The predicted octanol–water partition coefficient (Wildman–Crippen LogP) is 4.87. The fraction of sp³-hybridized carbons (Fsp3) is 0.389. The number of rotatable bonds is 3. The number of carbonyl (C=O) groups is 1. The van der Waals surface area contributed by atoms with Crippen LogP contribution in [0.3, 0.4) is 0 Å². The summed E-state index contributed by atoms with van der Waals surface area (Å²) in [5.74, 6) is -0.274. The molecular formula is C18H22O2S. The molecule has 21 heavy (non-hydrogen) atoms. The minimum atomic E-state index is -0.274. The molecule has 0 N–H and O–H groups in total. The molecule has 1 aliphatic rings. The molecule has 1 aromatic carbocycles. The molecule has 3 heteroatoms. The van der Waals surface area contributed by atoms with Gasteiger partial charge in [-0.1, -0.05) is 51.1 Å². The molecule has 1 aliphatic carbocycles. The first-order valence-corrected chi connectivity index (χ1v) is 8.02. The third-order valence-electron chi connectivity index (χ3n) is 3.50. The fourth-order valence-corrected chi connectivity index (χ4v) is 3.37. The molecule has 0 saturated carbocycles. The first-order valence-electron chi connectivity index (χ1n) is 7.14. The van der Waals surface area contributed by atoms with Crippen LogP contribution in [-0.4, -0.2) is 18.3 Å². The Balaban J connectivity index is 2.10. The van der Waals surface area contributed by atoms with Crippen LogP contribution in [-0.2, 0) is 4.74 Å². The number of hydrogen-bond donors (Lipinski definition) is 0. The second kappa shape index (κ2) is 6.52. The number of carbonyl (C=O) groups excluding carboxylic acids is 1. The second-order valence-corrected chi connectivity index (χ2v) is 7.43. The van der Waals surface area contributed by atoms with Crippen LogP contribution < -0.4 is 0 Å². The van der Waals surface area contributed by atoms with Crippen LogP contribution >= 0.6 is 11.8 Å². The average molecular weight is 302 g/mol. The zero-order valence-electron chi connectivity index (χ0n) is 13.1. The lowest BCUT2D eigenvalue weighted by atomic mass is 9.84. The molecular weight excluding hydrogens is 280 g/mol. The molecule has 2 rings (SSSR count). The zero-order chi connectivity index (χ0) is 15.5. The topological polar surface area (TPSA) is 26.3 Å². The van der Waals surface area contributed by atoms with E-state index in [9.17, 15) is 4.79 Å². The van der Waals surface area contributed by atoms with Crippen molar-refractivity contribution in [3.05, 3.63) is 53.6 Å². The summed E-state index contributed by atoms with van der Waals surface area (Å²) in [6.07, 6.45) is 7.74. The van der Waals surface area contributed by atoms with Crippen LogP contribution in [0.5, 0.6) is 0 Å². The highest BCUT2D eigenvalue weighted by Gasteiger charge is 2.20. The summed E-state index contributed by atoms with van der Waals surface area (Å²) in [6.45, 7) is 6.68. The van der Waals surface area contributed by atoms with Gasteiger partial charge in [-0.25, -0.2) is 4.79 Å². The monoisotopic (exact) mass is 302 g/mol. The van der Waals surface area contributed by atoms with E-state index in [2.05, 4.69) is 39.0 Å². The van der Waals surface area contributed by atoms with Gasteiger partial charge in [0.1, 0.15) is 0 Å². The quantitative estimate of drug-likeness (QED) is 0.745. The van der Waals surface area contributed by atoms with Gasteiger partial charge in [-0.3, -0.25) is 0 Å². The van der Waals surface area contributed by atoms with Crippen LogP contribution in [0.15, 0.2) is 53.0 Å². The Kier molecular flexibility index (Phi) is 4.94. The van der Waals surface area contributed by atoms with E-state index < -0.39 is 0 Å². The lowest BCUT2D eigenvalue weighted by Crippen LogP contribution is -2.12. The molecule has 112 valence electrons. The maximum absolute atomic E-state index is 11.8. The van der Waals surface area contributed by atoms with Gasteiger partial charge in [0, 0.05) is 10.1 Å². The number of allylic oxidation sites excluding steroid dienone is 3. The Labute approximate surface area is 131 Å². The van der Waals surface area contributed by atoms with Crippen molar-refractivity contribution in [2.24, 2.45) is 5.41 Å². The van der Waals surface area contributed by atoms with Gasteiger partial charge in [-0.05, 0) is 29.5 Å². The molecule has 0 aliphatic heterocycles. The van der Waals surface area contributed by atoms with Crippen molar-refractivity contribution in [3.63, 3.8) is 0 Å². The van der Waals surface area contributed by atoms with Crippen molar-refractivity contribution < 1.29 is 9.53 Å². The van der Waals surface area contributed by atoms with Gasteiger partial charge in [0.25, 0.3) is 0 Å². The second-order valence-electron chi connectivity index (χ2n) is 6.15. The average Bonchev–Trinajstić information content (AvgIpc) is 2.46. The summed E-state index contributed by atoms with van der Waals surface area (Å²) >= 11 is 1.72. The van der Waals surface area contributed by atoms with Gasteiger partial charge >= 0.3 is 5.97 Å². The highest BCUT2D eigenvalue weighted by atomic mass is 32.2. The SMILES string of the molecule is COC(=O)c1ccccc1SC1C=CC(C(C)(C)C)=CC1. The standard InChI is InChI=1S/C18H22O2S/c1-18(2,3)13-9-11-14(12-10-13)21-16-8-6-5-7-15(16)17(19)20-4/h5-11,14H,12H2,1-4H3. The van der Waals surface area contributed by atoms with E-state index in [1.54, 1.807) is 11.8 Å². The number of ether oxygens (including phenoxy) is 1. The Morgan fingerprint density at radius 1 is 1.29 bits per heavy atom. The molecule has 1 unspecified atom stereocenters. The molecule has 0 spiro atoms. The Morgan fingerprint density at radius 3 is 2.57 bits per heavy atom. The van der Waals surface area contributed by atoms with Gasteiger partial charge in [0.15, 0.2) is 0 Å². The van der Waals surface area contributed by atoms with Gasteiger partial charge < -0.3 is 4.74 Å². The summed E-state index contributed by atoms with van der Waals surface area (Å²) < 4.78 is 4.85. The van der Waals surface area contributed by atoms with Crippen LogP contribution in [0.2, 0.25) is 0 Å². The number of thioether (sulfide) groups is 1. The number of methoxy groups -OCH3 is 1. The normalized spacial score (nSPS) is 18.3. The van der Waals surface area contributed by atoms with E-state index >= 15 is 0 Å². The van der Waals surface area contributed by atoms with Crippen molar-refractivity contribution in [1.82, 2.24) is 0 Å². The van der Waals surface area contributed by atoms with Gasteiger partial charge in [0.05, 0.1) is 12.7 Å². The van der Waals surface area contributed by atoms with E-state index in [4.69, 9.17) is 4.74 Å². The maximum Gasteiger partial charge on any atom is 0.338 e. The smallest absolute Gasteiger partial charge is 0.338 e. The lowest BCUT2D eigenvalue weighted by Gasteiger charge is -2.25. The fourth-order valence-electron chi connectivity index (χ4n) is 2.26. The number of hydrogen-bond acceptors (Lipinski definition) is 3. The lowest BCUT2D eigenvalue weighted by molar-refractivity contribution is 0.0597. The van der Waals surface area contributed by atoms with Crippen molar-refractivity contribution in [2.45, 2.75) is 37.3 Å². The first-order chi connectivity index (χ1) is 9.91. The summed E-state index contributed by atoms with van der Waals surface area (Å²) in [5.41, 5.74) is 2.21. The third kappa shape index (κ3) is 4.01.